The van der Waals surface area contributed by atoms with E-state index in [2.05, 4.69) is 54.5 Å². The number of nitrogens with zero attached hydrogens (tertiary/aromatic N) is 2. The highest BCUT2D eigenvalue weighted by atomic mass is 35.5. The standard InChI is InChI=1S/C19H22ClN3O/c1-23(2)12-15-7-8-16(20)9-18(15)13-3-5-14(6-4-13)19-10-17(11-21)24-22-19/h3-9,17H,10-12,21H2,1-2H3. The Morgan fingerprint density at radius 3 is 2.50 bits per heavy atom. The molecule has 24 heavy (non-hydrogen) atoms. The second-order valence-electron chi connectivity index (χ2n) is 6.32. The van der Waals surface area contributed by atoms with Crippen LogP contribution < -0.4 is 5.73 Å². The highest BCUT2D eigenvalue weighted by Gasteiger charge is 2.20. The summed E-state index contributed by atoms with van der Waals surface area (Å²) in [6.07, 6.45) is 0.762. The first-order chi connectivity index (χ1) is 11.6. The van der Waals surface area contributed by atoms with Crippen LogP contribution in [-0.4, -0.2) is 37.4 Å². The predicted molar refractivity (Wildman–Crippen MR) is 99.4 cm³/mol. The van der Waals surface area contributed by atoms with Gasteiger partial charge in [0.1, 0.15) is 6.10 Å². The molecule has 0 fully saturated rings. The minimum Gasteiger partial charge on any atom is -0.390 e. The molecule has 0 aromatic heterocycles. The van der Waals surface area contributed by atoms with Gasteiger partial charge < -0.3 is 15.5 Å². The molecule has 0 spiro atoms. The molecule has 5 heteroatoms. The van der Waals surface area contributed by atoms with Gasteiger partial charge in [0.25, 0.3) is 0 Å². The van der Waals surface area contributed by atoms with Crippen LogP contribution in [0.1, 0.15) is 17.5 Å². The van der Waals surface area contributed by atoms with Gasteiger partial charge in [-0.15, -0.1) is 0 Å². The van der Waals surface area contributed by atoms with Gasteiger partial charge in [0.15, 0.2) is 0 Å². The van der Waals surface area contributed by atoms with E-state index >= 15 is 0 Å². The molecule has 0 radical (unpaired) electrons. The monoisotopic (exact) mass is 343 g/mol. The van der Waals surface area contributed by atoms with Crippen LogP contribution in [-0.2, 0) is 11.4 Å². The third kappa shape index (κ3) is 3.78. The average molecular weight is 344 g/mol. The van der Waals surface area contributed by atoms with Gasteiger partial charge in [-0.25, -0.2) is 0 Å². The van der Waals surface area contributed by atoms with Crippen molar-refractivity contribution in [2.24, 2.45) is 10.9 Å². The minimum atomic E-state index is -0.000648. The van der Waals surface area contributed by atoms with Crippen LogP contribution in [0.5, 0.6) is 0 Å². The van der Waals surface area contributed by atoms with Gasteiger partial charge in [0, 0.05) is 24.5 Å². The topological polar surface area (TPSA) is 50.8 Å². The van der Waals surface area contributed by atoms with Crippen molar-refractivity contribution < 1.29 is 4.84 Å². The van der Waals surface area contributed by atoms with Crippen molar-refractivity contribution in [2.75, 3.05) is 20.6 Å². The lowest BCUT2D eigenvalue weighted by molar-refractivity contribution is 0.0918. The summed E-state index contributed by atoms with van der Waals surface area (Å²) >= 11 is 6.21. The summed E-state index contributed by atoms with van der Waals surface area (Å²) in [5.41, 5.74) is 11.2. The summed E-state index contributed by atoms with van der Waals surface area (Å²) in [6.45, 7) is 1.36. The Bertz CT molecular complexity index is 741. The molecule has 0 amide bonds. The lowest BCUT2D eigenvalue weighted by Gasteiger charge is -2.15. The van der Waals surface area contributed by atoms with E-state index in [0.717, 1.165) is 40.4 Å². The molecular formula is C19H22ClN3O. The van der Waals surface area contributed by atoms with Gasteiger partial charge in [0.2, 0.25) is 0 Å². The predicted octanol–water partition coefficient (Wildman–Crippen LogP) is 3.52. The Labute approximate surface area is 147 Å². The highest BCUT2D eigenvalue weighted by molar-refractivity contribution is 6.30. The maximum Gasteiger partial charge on any atom is 0.145 e. The maximum absolute atomic E-state index is 6.21. The van der Waals surface area contributed by atoms with E-state index in [0.29, 0.717) is 6.54 Å². The molecule has 1 aliphatic heterocycles. The van der Waals surface area contributed by atoms with Crippen molar-refractivity contribution in [3.05, 3.63) is 58.6 Å². The fourth-order valence-electron chi connectivity index (χ4n) is 2.86. The number of oxime groups is 1. The summed E-state index contributed by atoms with van der Waals surface area (Å²) in [6, 6.07) is 14.4. The van der Waals surface area contributed by atoms with E-state index in [1.54, 1.807) is 0 Å². The Hall–Kier alpha value is -1.88. The fraction of sp³-hybridized carbons (Fsp3) is 0.316. The van der Waals surface area contributed by atoms with Crippen molar-refractivity contribution >= 4 is 17.3 Å². The second kappa shape index (κ2) is 7.34. The zero-order valence-corrected chi connectivity index (χ0v) is 14.8. The normalized spacial score (nSPS) is 17.0. The van der Waals surface area contributed by atoms with E-state index in [9.17, 15) is 0 Å². The molecule has 126 valence electrons. The summed E-state index contributed by atoms with van der Waals surface area (Å²) < 4.78 is 0. The number of benzene rings is 2. The van der Waals surface area contributed by atoms with Gasteiger partial charge in [0.05, 0.1) is 5.71 Å². The molecule has 0 bridgehead atoms. The van der Waals surface area contributed by atoms with E-state index in [1.165, 1.54) is 5.56 Å². The first kappa shape index (κ1) is 17.0. The van der Waals surface area contributed by atoms with Gasteiger partial charge >= 0.3 is 0 Å². The molecule has 0 saturated carbocycles. The highest BCUT2D eigenvalue weighted by Crippen LogP contribution is 2.29. The Kier molecular flexibility index (Phi) is 5.19. The van der Waals surface area contributed by atoms with Gasteiger partial charge in [-0.3, -0.25) is 0 Å². The maximum atomic E-state index is 6.21. The van der Waals surface area contributed by atoms with Crippen LogP contribution in [0.2, 0.25) is 5.02 Å². The number of nitrogens with two attached hydrogens (primary N) is 1. The van der Waals surface area contributed by atoms with Crippen molar-refractivity contribution in [3.63, 3.8) is 0 Å². The number of hydrogen-bond donors (Lipinski definition) is 1. The van der Waals surface area contributed by atoms with Crippen molar-refractivity contribution in [1.29, 1.82) is 0 Å². The van der Waals surface area contributed by atoms with Crippen molar-refractivity contribution in [1.82, 2.24) is 4.90 Å². The van der Waals surface area contributed by atoms with Crippen LogP contribution in [0, 0.1) is 0 Å². The molecule has 1 heterocycles. The lowest BCUT2D eigenvalue weighted by Crippen LogP contribution is -2.20. The molecule has 0 saturated heterocycles. The van der Waals surface area contributed by atoms with Gasteiger partial charge in [-0.05, 0) is 48.5 Å². The molecule has 1 atom stereocenters. The molecule has 1 unspecified atom stereocenters. The summed E-state index contributed by atoms with van der Waals surface area (Å²) in [7, 11) is 4.13. The molecule has 4 nitrogen and oxygen atoms in total. The third-order valence-corrected chi connectivity index (χ3v) is 4.32. The number of hydrogen-bond acceptors (Lipinski definition) is 4. The first-order valence-corrected chi connectivity index (χ1v) is 8.41. The molecule has 2 aromatic carbocycles. The zero-order valence-electron chi connectivity index (χ0n) is 14.0. The molecule has 0 aliphatic carbocycles. The first-order valence-electron chi connectivity index (χ1n) is 8.03. The number of halogens is 1. The van der Waals surface area contributed by atoms with Crippen LogP contribution >= 0.6 is 11.6 Å². The van der Waals surface area contributed by atoms with E-state index in [-0.39, 0.29) is 6.10 Å². The van der Waals surface area contributed by atoms with Crippen molar-refractivity contribution in [2.45, 2.75) is 19.1 Å². The van der Waals surface area contributed by atoms with Crippen LogP contribution in [0.25, 0.3) is 11.1 Å². The SMILES string of the molecule is CN(C)Cc1ccc(Cl)cc1-c1ccc(C2=NOC(CN)C2)cc1. The molecule has 1 aliphatic rings. The van der Waals surface area contributed by atoms with Crippen LogP contribution in [0.3, 0.4) is 0 Å². The second-order valence-corrected chi connectivity index (χ2v) is 6.76. The summed E-state index contributed by atoms with van der Waals surface area (Å²) in [4.78, 5) is 7.45. The molecule has 3 rings (SSSR count). The van der Waals surface area contributed by atoms with Crippen molar-refractivity contribution in [3.8, 4) is 11.1 Å². The Morgan fingerprint density at radius 1 is 1.17 bits per heavy atom. The van der Waals surface area contributed by atoms with Gasteiger partial charge in [-0.1, -0.05) is 47.1 Å². The van der Waals surface area contributed by atoms with Crippen LogP contribution in [0.15, 0.2) is 47.6 Å². The largest absolute Gasteiger partial charge is 0.390 e. The van der Waals surface area contributed by atoms with Crippen LogP contribution in [0.4, 0.5) is 0 Å². The minimum absolute atomic E-state index is 0.000648. The van der Waals surface area contributed by atoms with E-state index < -0.39 is 0 Å². The summed E-state index contributed by atoms with van der Waals surface area (Å²) in [5, 5.41) is 4.89. The smallest absolute Gasteiger partial charge is 0.145 e. The molecular weight excluding hydrogens is 322 g/mol. The number of rotatable bonds is 5. The lowest BCUT2D eigenvalue weighted by atomic mass is 9.96. The Balaban J connectivity index is 1.87. The Morgan fingerprint density at radius 2 is 1.88 bits per heavy atom. The van der Waals surface area contributed by atoms with E-state index in [4.69, 9.17) is 22.2 Å². The van der Waals surface area contributed by atoms with E-state index in [1.807, 2.05) is 12.1 Å². The zero-order chi connectivity index (χ0) is 17.1. The fourth-order valence-corrected chi connectivity index (χ4v) is 3.04. The average Bonchev–Trinajstić information content (AvgIpc) is 3.05. The molecule has 2 aromatic rings. The molecule has 2 N–H and O–H groups in total. The third-order valence-electron chi connectivity index (χ3n) is 4.08. The van der Waals surface area contributed by atoms with Gasteiger partial charge in [-0.2, -0.15) is 0 Å². The summed E-state index contributed by atoms with van der Waals surface area (Å²) in [5.74, 6) is 0. The quantitative estimate of drug-likeness (QED) is 0.903.